The first-order chi connectivity index (χ1) is 11.0. The topological polar surface area (TPSA) is 114 Å². The molecule has 0 atom stereocenters. The number of amides is 1. The fraction of sp³-hybridized carbons (Fsp3) is 0.0667. The van der Waals surface area contributed by atoms with Crippen LogP contribution in [0.2, 0.25) is 0 Å². The summed E-state index contributed by atoms with van der Waals surface area (Å²) in [6.07, 6.45) is 1.21. The van der Waals surface area contributed by atoms with Crippen molar-refractivity contribution in [2.45, 2.75) is 0 Å². The number of aromatic hydroxyl groups is 1. The molecule has 0 radical (unpaired) electrons. The Labute approximate surface area is 131 Å². The molecular weight excluding hydrogens is 302 g/mol. The maximum absolute atomic E-state index is 12.0. The quantitative estimate of drug-likeness (QED) is 0.498. The van der Waals surface area contributed by atoms with Gasteiger partial charge in [0.05, 0.1) is 18.2 Å². The zero-order chi connectivity index (χ0) is 16.8. The number of methoxy groups -OCH3 is 1. The Balaban J connectivity index is 2.15. The van der Waals surface area contributed by atoms with Gasteiger partial charge in [-0.3, -0.25) is 14.9 Å². The highest BCUT2D eigenvalue weighted by atomic mass is 16.6. The molecule has 0 aliphatic carbocycles. The van der Waals surface area contributed by atoms with Gasteiger partial charge in [0.15, 0.2) is 0 Å². The van der Waals surface area contributed by atoms with Gasteiger partial charge in [-0.05, 0) is 24.3 Å². The summed E-state index contributed by atoms with van der Waals surface area (Å²) in [6.45, 7) is 0. The van der Waals surface area contributed by atoms with Crippen LogP contribution in [0.1, 0.15) is 15.9 Å². The highest BCUT2D eigenvalue weighted by Crippen LogP contribution is 2.21. The van der Waals surface area contributed by atoms with Crippen LogP contribution in [0, 0.1) is 10.1 Å². The smallest absolute Gasteiger partial charge is 0.282 e. The number of benzene rings is 2. The first-order valence-electron chi connectivity index (χ1n) is 6.46. The van der Waals surface area contributed by atoms with Crippen LogP contribution in [0.4, 0.5) is 5.69 Å². The number of hydrazone groups is 1. The van der Waals surface area contributed by atoms with Crippen LogP contribution >= 0.6 is 0 Å². The summed E-state index contributed by atoms with van der Waals surface area (Å²) in [5.74, 6) is -0.264. The average Bonchev–Trinajstić information content (AvgIpc) is 2.56. The summed E-state index contributed by atoms with van der Waals surface area (Å²) in [6, 6.07) is 10.0. The predicted octanol–water partition coefficient (Wildman–Crippen LogP) is 2.07. The number of hydrogen-bond donors (Lipinski definition) is 2. The SMILES string of the molecule is COc1ccc(O)c(C=NNC(=O)c2ccccc2[N+](=O)[O-])c1. The van der Waals surface area contributed by atoms with E-state index in [9.17, 15) is 20.0 Å². The van der Waals surface area contributed by atoms with Gasteiger partial charge >= 0.3 is 0 Å². The van der Waals surface area contributed by atoms with E-state index in [4.69, 9.17) is 4.74 Å². The molecule has 0 aromatic heterocycles. The van der Waals surface area contributed by atoms with Crippen molar-refractivity contribution in [1.29, 1.82) is 0 Å². The number of nitro benzene ring substituents is 1. The van der Waals surface area contributed by atoms with Gasteiger partial charge in [0, 0.05) is 11.6 Å². The van der Waals surface area contributed by atoms with Crippen LogP contribution in [-0.4, -0.2) is 29.3 Å². The number of ether oxygens (including phenoxy) is 1. The molecule has 0 saturated carbocycles. The minimum atomic E-state index is -0.726. The van der Waals surface area contributed by atoms with Crippen molar-refractivity contribution in [2.24, 2.45) is 5.10 Å². The van der Waals surface area contributed by atoms with Crippen molar-refractivity contribution in [3.63, 3.8) is 0 Å². The molecule has 118 valence electrons. The molecule has 8 nitrogen and oxygen atoms in total. The van der Waals surface area contributed by atoms with E-state index in [2.05, 4.69) is 10.5 Å². The largest absolute Gasteiger partial charge is 0.507 e. The van der Waals surface area contributed by atoms with Crippen LogP contribution < -0.4 is 10.2 Å². The molecule has 2 N–H and O–H groups in total. The van der Waals surface area contributed by atoms with Gasteiger partial charge in [-0.15, -0.1) is 0 Å². The van der Waals surface area contributed by atoms with Crippen molar-refractivity contribution in [3.8, 4) is 11.5 Å². The molecule has 0 heterocycles. The van der Waals surface area contributed by atoms with Crippen molar-refractivity contribution < 1.29 is 19.6 Å². The van der Waals surface area contributed by atoms with E-state index in [1.165, 1.54) is 49.7 Å². The molecule has 2 aromatic carbocycles. The molecule has 0 fully saturated rings. The van der Waals surface area contributed by atoms with Crippen LogP contribution in [0.3, 0.4) is 0 Å². The average molecular weight is 315 g/mol. The van der Waals surface area contributed by atoms with Crippen LogP contribution in [-0.2, 0) is 0 Å². The Morgan fingerprint density at radius 3 is 2.78 bits per heavy atom. The van der Waals surface area contributed by atoms with Gasteiger partial charge in [-0.1, -0.05) is 12.1 Å². The molecule has 1 amide bonds. The molecule has 0 unspecified atom stereocenters. The highest BCUT2D eigenvalue weighted by molar-refractivity contribution is 5.98. The molecular formula is C15H13N3O5. The number of carbonyl (C=O) groups is 1. The molecule has 0 aliphatic heterocycles. The van der Waals surface area contributed by atoms with Gasteiger partial charge in [-0.25, -0.2) is 5.43 Å². The lowest BCUT2D eigenvalue weighted by Crippen LogP contribution is -2.18. The van der Waals surface area contributed by atoms with Crippen molar-refractivity contribution >= 4 is 17.8 Å². The van der Waals surface area contributed by atoms with E-state index in [-0.39, 0.29) is 17.0 Å². The van der Waals surface area contributed by atoms with Crippen molar-refractivity contribution in [3.05, 3.63) is 63.7 Å². The number of rotatable bonds is 5. The molecule has 8 heteroatoms. The second-order valence-electron chi connectivity index (χ2n) is 4.40. The molecule has 2 rings (SSSR count). The molecule has 23 heavy (non-hydrogen) atoms. The maximum Gasteiger partial charge on any atom is 0.282 e. The fourth-order valence-electron chi connectivity index (χ4n) is 1.81. The standard InChI is InChI=1S/C15H13N3O5/c1-23-11-6-7-14(19)10(8-11)9-16-17-15(20)12-4-2-3-5-13(12)18(21)22/h2-9,19H,1H3,(H,17,20). The summed E-state index contributed by atoms with van der Waals surface area (Å²) in [4.78, 5) is 22.2. The van der Waals surface area contributed by atoms with E-state index in [0.717, 1.165) is 0 Å². The Hall–Kier alpha value is -3.42. The molecule has 0 bridgehead atoms. The molecule has 2 aromatic rings. The van der Waals surface area contributed by atoms with Crippen LogP contribution in [0.25, 0.3) is 0 Å². The second kappa shape index (κ2) is 7.03. The first kappa shape index (κ1) is 16.0. The Morgan fingerprint density at radius 2 is 2.09 bits per heavy atom. The Bertz CT molecular complexity index is 773. The zero-order valence-corrected chi connectivity index (χ0v) is 12.1. The number of phenols is 1. The first-order valence-corrected chi connectivity index (χ1v) is 6.46. The fourth-order valence-corrected chi connectivity index (χ4v) is 1.81. The molecule has 0 aliphatic rings. The predicted molar refractivity (Wildman–Crippen MR) is 82.8 cm³/mol. The van der Waals surface area contributed by atoms with Gasteiger partial charge in [0.1, 0.15) is 17.1 Å². The third-order valence-corrected chi connectivity index (χ3v) is 2.95. The number of hydrogen-bond acceptors (Lipinski definition) is 6. The Morgan fingerprint density at radius 1 is 1.35 bits per heavy atom. The monoisotopic (exact) mass is 315 g/mol. The normalized spacial score (nSPS) is 10.5. The minimum Gasteiger partial charge on any atom is -0.507 e. The molecule has 0 spiro atoms. The van der Waals surface area contributed by atoms with Gasteiger partial charge in [0.25, 0.3) is 11.6 Å². The number of para-hydroxylation sites is 1. The van der Waals surface area contributed by atoms with E-state index in [1.807, 2.05) is 0 Å². The van der Waals surface area contributed by atoms with E-state index >= 15 is 0 Å². The lowest BCUT2D eigenvalue weighted by Gasteiger charge is -2.03. The third kappa shape index (κ3) is 3.82. The lowest BCUT2D eigenvalue weighted by atomic mass is 10.2. The highest BCUT2D eigenvalue weighted by Gasteiger charge is 2.18. The lowest BCUT2D eigenvalue weighted by molar-refractivity contribution is -0.385. The number of nitrogens with zero attached hydrogens (tertiary/aromatic N) is 2. The summed E-state index contributed by atoms with van der Waals surface area (Å²) >= 11 is 0. The number of nitrogens with one attached hydrogen (secondary N) is 1. The van der Waals surface area contributed by atoms with Crippen LogP contribution in [0.15, 0.2) is 47.6 Å². The molecule has 0 saturated heterocycles. The summed E-state index contributed by atoms with van der Waals surface area (Å²) in [5.41, 5.74) is 2.09. The maximum atomic E-state index is 12.0. The summed E-state index contributed by atoms with van der Waals surface area (Å²) < 4.78 is 5.01. The minimum absolute atomic E-state index is 0.0468. The Kier molecular flexibility index (Phi) is 4.88. The van der Waals surface area contributed by atoms with Gasteiger partial charge in [0.2, 0.25) is 0 Å². The summed E-state index contributed by atoms with van der Waals surface area (Å²) in [5, 5.41) is 24.2. The van der Waals surface area contributed by atoms with Gasteiger partial charge in [-0.2, -0.15) is 5.10 Å². The van der Waals surface area contributed by atoms with Gasteiger partial charge < -0.3 is 9.84 Å². The van der Waals surface area contributed by atoms with E-state index in [0.29, 0.717) is 11.3 Å². The second-order valence-corrected chi connectivity index (χ2v) is 4.40. The van der Waals surface area contributed by atoms with Crippen molar-refractivity contribution in [1.82, 2.24) is 5.43 Å². The summed E-state index contributed by atoms with van der Waals surface area (Å²) in [7, 11) is 1.48. The van der Waals surface area contributed by atoms with Crippen LogP contribution in [0.5, 0.6) is 11.5 Å². The zero-order valence-electron chi connectivity index (χ0n) is 12.1. The van der Waals surface area contributed by atoms with E-state index in [1.54, 1.807) is 6.07 Å². The van der Waals surface area contributed by atoms with E-state index < -0.39 is 10.8 Å². The van der Waals surface area contributed by atoms with Crippen molar-refractivity contribution in [2.75, 3.05) is 7.11 Å². The number of phenolic OH excluding ortho intramolecular Hbond substituents is 1. The third-order valence-electron chi connectivity index (χ3n) is 2.95. The number of nitro groups is 1. The number of carbonyl (C=O) groups excluding carboxylic acids is 1.